The number of halogens is 2. The van der Waals surface area contributed by atoms with Gasteiger partial charge in [-0.1, -0.05) is 41.9 Å². The molecule has 0 fully saturated rings. The third-order valence-corrected chi connectivity index (χ3v) is 3.19. The van der Waals surface area contributed by atoms with E-state index in [1.165, 1.54) is 6.08 Å². The van der Waals surface area contributed by atoms with Gasteiger partial charge in [-0.15, -0.1) is 11.6 Å². The van der Waals surface area contributed by atoms with Gasteiger partial charge in [0.1, 0.15) is 5.38 Å². The van der Waals surface area contributed by atoms with Crippen LogP contribution in [0.25, 0.3) is 0 Å². The lowest BCUT2D eigenvalue weighted by molar-refractivity contribution is -0.170. The molecule has 0 amide bonds. The minimum absolute atomic E-state index is 0.288. The molecule has 2 atom stereocenters. The van der Waals surface area contributed by atoms with Crippen LogP contribution in [-0.2, 0) is 11.3 Å². The van der Waals surface area contributed by atoms with Gasteiger partial charge in [-0.25, -0.2) is 0 Å². The molecule has 1 aliphatic carbocycles. The van der Waals surface area contributed by atoms with Crippen LogP contribution >= 0.6 is 23.2 Å². The molecule has 0 heterocycles. The Morgan fingerprint density at radius 1 is 1.29 bits per heavy atom. The van der Waals surface area contributed by atoms with E-state index < -0.39 is 11.2 Å². The fraction of sp³-hybridized carbons (Fsp3) is 0.231. The SMILES string of the molecule is OC1(OCc2ccccc2)C=CC(Cl)=CC1Cl. The maximum Gasteiger partial charge on any atom is 0.206 e. The summed E-state index contributed by atoms with van der Waals surface area (Å²) in [5.41, 5.74) is 0.971. The molecule has 1 aromatic carbocycles. The van der Waals surface area contributed by atoms with Crippen molar-refractivity contribution in [3.05, 3.63) is 59.2 Å². The maximum absolute atomic E-state index is 10.2. The second kappa shape index (κ2) is 5.23. The van der Waals surface area contributed by atoms with Gasteiger partial charge in [0.05, 0.1) is 6.61 Å². The Morgan fingerprint density at radius 3 is 2.65 bits per heavy atom. The quantitative estimate of drug-likeness (QED) is 0.675. The lowest BCUT2D eigenvalue weighted by Gasteiger charge is -2.30. The number of allylic oxidation sites excluding steroid dienone is 2. The standard InChI is InChI=1S/C13H12Cl2O2/c14-11-6-7-13(16,12(15)8-11)17-9-10-4-2-1-3-5-10/h1-8,12,16H,9H2. The minimum atomic E-state index is -1.50. The Morgan fingerprint density at radius 2 is 2.00 bits per heavy atom. The van der Waals surface area contributed by atoms with Crippen LogP contribution in [0.3, 0.4) is 0 Å². The van der Waals surface area contributed by atoms with E-state index in [2.05, 4.69) is 0 Å². The molecule has 0 aromatic heterocycles. The van der Waals surface area contributed by atoms with Crippen molar-refractivity contribution in [3.8, 4) is 0 Å². The second-order valence-electron chi connectivity index (χ2n) is 3.81. The summed E-state index contributed by atoms with van der Waals surface area (Å²) in [5.74, 6) is -1.50. The molecule has 1 N–H and O–H groups in total. The zero-order valence-electron chi connectivity index (χ0n) is 9.01. The fourth-order valence-corrected chi connectivity index (χ4v) is 2.03. The summed E-state index contributed by atoms with van der Waals surface area (Å²) in [6.45, 7) is 0.288. The third-order valence-electron chi connectivity index (χ3n) is 2.49. The maximum atomic E-state index is 10.2. The monoisotopic (exact) mass is 270 g/mol. The summed E-state index contributed by atoms with van der Waals surface area (Å²) in [6, 6.07) is 9.58. The molecule has 0 aliphatic heterocycles. The topological polar surface area (TPSA) is 29.5 Å². The summed E-state index contributed by atoms with van der Waals surface area (Å²) in [5, 5.41) is 9.98. The van der Waals surface area contributed by atoms with Crippen molar-refractivity contribution in [2.75, 3.05) is 0 Å². The van der Waals surface area contributed by atoms with E-state index in [1.54, 1.807) is 12.2 Å². The Kier molecular flexibility index (Phi) is 3.89. The fourth-order valence-electron chi connectivity index (χ4n) is 1.51. The molecule has 1 aliphatic rings. The first kappa shape index (κ1) is 12.7. The van der Waals surface area contributed by atoms with Crippen LogP contribution in [0.15, 0.2) is 53.6 Å². The van der Waals surface area contributed by atoms with Crippen LogP contribution in [0.2, 0.25) is 0 Å². The zero-order valence-corrected chi connectivity index (χ0v) is 10.5. The first-order valence-electron chi connectivity index (χ1n) is 5.21. The third kappa shape index (κ3) is 3.11. The number of aliphatic hydroxyl groups is 1. The van der Waals surface area contributed by atoms with E-state index in [1.807, 2.05) is 30.3 Å². The van der Waals surface area contributed by atoms with E-state index >= 15 is 0 Å². The smallest absolute Gasteiger partial charge is 0.206 e. The number of alkyl halides is 1. The van der Waals surface area contributed by atoms with Gasteiger partial charge < -0.3 is 9.84 Å². The Bertz CT molecular complexity index is 442. The molecule has 2 nitrogen and oxygen atoms in total. The average Bonchev–Trinajstić information content (AvgIpc) is 2.34. The van der Waals surface area contributed by atoms with Gasteiger partial charge in [0.2, 0.25) is 5.79 Å². The molecule has 4 heteroatoms. The number of hydrogen-bond donors (Lipinski definition) is 1. The Hall–Kier alpha value is -0.800. The van der Waals surface area contributed by atoms with Gasteiger partial charge in [0.15, 0.2) is 0 Å². The van der Waals surface area contributed by atoms with Crippen molar-refractivity contribution >= 4 is 23.2 Å². The molecule has 17 heavy (non-hydrogen) atoms. The molecule has 0 spiro atoms. The number of rotatable bonds is 3. The average molecular weight is 271 g/mol. The molecule has 0 bridgehead atoms. The normalized spacial score (nSPS) is 27.9. The molecule has 1 aromatic rings. The highest BCUT2D eigenvalue weighted by atomic mass is 35.5. The first-order valence-corrected chi connectivity index (χ1v) is 6.02. The van der Waals surface area contributed by atoms with Crippen molar-refractivity contribution in [1.82, 2.24) is 0 Å². The van der Waals surface area contributed by atoms with Gasteiger partial charge in [-0.05, 0) is 23.8 Å². The predicted molar refractivity (Wildman–Crippen MR) is 68.9 cm³/mol. The molecule has 0 saturated heterocycles. The predicted octanol–water partition coefficient (Wildman–Crippen LogP) is 3.19. The molecule has 2 unspecified atom stereocenters. The Labute approximate surface area is 110 Å². The number of hydrogen-bond acceptors (Lipinski definition) is 2. The summed E-state index contributed by atoms with van der Waals surface area (Å²) in [7, 11) is 0. The van der Waals surface area contributed by atoms with Gasteiger partial charge in [-0.2, -0.15) is 0 Å². The minimum Gasteiger partial charge on any atom is -0.361 e. The van der Waals surface area contributed by atoms with E-state index in [-0.39, 0.29) is 6.61 Å². The molecular weight excluding hydrogens is 259 g/mol. The lowest BCUT2D eigenvalue weighted by Crippen LogP contribution is -2.40. The van der Waals surface area contributed by atoms with Gasteiger partial charge >= 0.3 is 0 Å². The van der Waals surface area contributed by atoms with E-state index in [4.69, 9.17) is 27.9 Å². The van der Waals surface area contributed by atoms with E-state index in [9.17, 15) is 5.11 Å². The van der Waals surface area contributed by atoms with Crippen LogP contribution < -0.4 is 0 Å². The van der Waals surface area contributed by atoms with E-state index in [0.717, 1.165) is 5.56 Å². The zero-order chi connectivity index (χ0) is 12.3. The van der Waals surface area contributed by atoms with Crippen LogP contribution in [0.1, 0.15) is 5.56 Å². The van der Waals surface area contributed by atoms with Crippen LogP contribution in [-0.4, -0.2) is 16.3 Å². The van der Waals surface area contributed by atoms with Crippen LogP contribution in [0, 0.1) is 0 Å². The molecule has 90 valence electrons. The van der Waals surface area contributed by atoms with Gasteiger partial charge in [0, 0.05) is 5.03 Å². The van der Waals surface area contributed by atoms with Gasteiger partial charge in [0.25, 0.3) is 0 Å². The molecule has 2 rings (SSSR count). The largest absolute Gasteiger partial charge is 0.361 e. The summed E-state index contributed by atoms with van der Waals surface area (Å²) >= 11 is 11.8. The summed E-state index contributed by atoms with van der Waals surface area (Å²) in [6.07, 6.45) is 4.59. The molecule has 0 radical (unpaired) electrons. The summed E-state index contributed by atoms with van der Waals surface area (Å²) in [4.78, 5) is 0. The lowest BCUT2D eigenvalue weighted by atomic mass is 10.1. The highest BCUT2D eigenvalue weighted by Gasteiger charge is 2.35. The molecular formula is C13H12Cl2O2. The Balaban J connectivity index is 2.02. The van der Waals surface area contributed by atoms with Crippen molar-refractivity contribution in [2.45, 2.75) is 17.8 Å². The second-order valence-corrected chi connectivity index (χ2v) is 4.72. The van der Waals surface area contributed by atoms with E-state index in [0.29, 0.717) is 5.03 Å². The summed E-state index contributed by atoms with van der Waals surface area (Å²) < 4.78 is 5.45. The molecule has 0 saturated carbocycles. The van der Waals surface area contributed by atoms with Crippen LogP contribution in [0.5, 0.6) is 0 Å². The van der Waals surface area contributed by atoms with Crippen molar-refractivity contribution < 1.29 is 9.84 Å². The highest BCUT2D eigenvalue weighted by Crippen LogP contribution is 2.29. The highest BCUT2D eigenvalue weighted by molar-refractivity contribution is 6.32. The number of ether oxygens (including phenoxy) is 1. The van der Waals surface area contributed by atoms with Crippen molar-refractivity contribution in [3.63, 3.8) is 0 Å². The van der Waals surface area contributed by atoms with Crippen molar-refractivity contribution in [1.29, 1.82) is 0 Å². The number of benzene rings is 1. The first-order chi connectivity index (χ1) is 8.10. The van der Waals surface area contributed by atoms with Gasteiger partial charge in [-0.3, -0.25) is 0 Å². The van der Waals surface area contributed by atoms with Crippen molar-refractivity contribution in [2.24, 2.45) is 0 Å². The van der Waals surface area contributed by atoms with Crippen LogP contribution in [0.4, 0.5) is 0 Å².